The zero-order valence-electron chi connectivity index (χ0n) is 26.8. The Morgan fingerprint density at radius 2 is 1.25 bits per heavy atom. The van der Waals surface area contributed by atoms with Crippen molar-refractivity contribution in [3.05, 3.63) is 0 Å². The molecule has 6 unspecified atom stereocenters. The van der Waals surface area contributed by atoms with E-state index in [4.69, 9.17) is 23.8 Å². The molecule has 48 heavy (non-hydrogen) atoms. The van der Waals surface area contributed by atoms with Gasteiger partial charge in [-0.1, -0.05) is 38.5 Å². The monoisotopic (exact) mass is 694 g/mol. The van der Waals surface area contributed by atoms with Crippen molar-refractivity contribution in [2.24, 2.45) is 0 Å². The Bertz CT molecular complexity index is 1020. The molecular formula is C30H50N2O16. The van der Waals surface area contributed by atoms with Crippen LogP contribution in [0.4, 0.5) is 0 Å². The number of hydroxylamine groups is 2. The lowest BCUT2D eigenvalue weighted by molar-refractivity contribution is -0.360. The first-order chi connectivity index (χ1) is 23.0. The van der Waals surface area contributed by atoms with Crippen molar-refractivity contribution < 1.29 is 78.7 Å². The first kappa shape index (κ1) is 40.1. The fraction of sp³-hybridized carbons (Fsp3) is 0.867. The summed E-state index contributed by atoms with van der Waals surface area (Å²) in [5, 5.41) is 73.8. The molecule has 3 aliphatic heterocycles. The summed E-state index contributed by atoms with van der Waals surface area (Å²) in [5.74, 6) is -1.77. The Morgan fingerprint density at radius 3 is 1.85 bits per heavy atom. The van der Waals surface area contributed by atoms with Crippen LogP contribution in [0.1, 0.15) is 77.0 Å². The summed E-state index contributed by atoms with van der Waals surface area (Å²) >= 11 is 0. The number of imide groups is 1. The number of nitrogens with zero attached hydrogens (tertiary/aromatic N) is 1. The van der Waals surface area contributed by atoms with E-state index in [0.717, 1.165) is 38.5 Å². The fourth-order valence-electron chi connectivity index (χ4n) is 5.56. The first-order valence-electron chi connectivity index (χ1n) is 16.5. The molecule has 18 nitrogen and oxygen atoms in total. The second-order valence-corrected chi connectivity index (χ2v) is 12.1. The van der Waals surface area contributed by atoms with E-state index >= 15 is 0 Å². The van der Waals surface area contributed by atoms with Crippen LogP contribution >= 0.6 is 0 Å². The van der Waals surface area contributed by atoms with Crippen LogP contribution in [0.5, 0.6) is 0 Å². The van der Waals surface area contributed by atoms with Gasteiger partial charge in [-0.3, -0.25) is 14.4 Å². The number of rotatable bonds is 20. The van der Waals surface area contributed by atoms with Crippen LogP contribution in [0.25, 0.3) is 0 Å². The number of unbranched alkanes of at least 4 members (excludes halogenated alkanes) is 7. The molecule has 0 aromatic rings. The highest BCUT2D eigenvalue weighted by Crippen LogP contribution is 2.29. The van der Waals surface area contributed by atoms with Crippen molar-refractivity contribution in [1.29, 1.82) is 0 Å². The van der Waals surface area contributed by atoms with E-state index in [1.165, 1.54) is 0 Å². The van der Waals surface area contributed by atoms with E-state index in [1.54, 1.807) is 0 Å². The second-order valence-electron chi connectivity index (χ2n) is 12.1. The van der Waals surface area contributed by atoms with Gasteiger partial charge in [-0.25, -0.2) is 4.79 Å². The van der Waals surface area contributed by atoms with Crippen LogP contribution in [0.2, 0.25) is 0 Å². The minimum atomic E-state index is -1.79. The van der Waals surface area contributed by atoms with Gasteiger partial charge in [0, 0.05) is 32.2 Å². The Labute approximate surface area is 277 Å². The van der Waals surface area contributed by atoms with Crippen molar-refractivity contribution in [1.82, 2.24) is 10.4 Å². The van der Waals surface area contributed by atoms with Crippen molar-refractivity contribution in [2.75, 3.05) is 26.4 Å². The number of aliphatic hydroxyl groups excluding tert-OH is 7. The lowest BCUT2D eigenvalue weighted by atomic mass is 9.97. The Hall–Kier alpha value is -2.36. The van der Waals surface area contributed by atoms with Gasteiger partial charge in [0.15, 0.2) is 12.6 Å². The summed E-state index contributed by atoms with van der Waals surface area (Å²) in [5.41, 5.74) is 0. The minimum absolute atomic E-state index is 0.0636. The molecule has 8 N–H and O–H groups in total. The SMILES string of the molecule is O=C(CCCCCCCCCCC(=O)ON1C(=O)CCC1=O)NCCO[C@H]1OC(CO)[C@@H](O)C(O[C@H]2OC(CO)[C@@H](O)C(O)C2O)C1O. The Morgan fingerprint density at radius 1 is 0.708 bits per heavy atom. The van der Waals surface area contributed by atoms with E-state index in [2.05, 4.69) is 5.32 Å². The molecular weight excluding hydrogens is 644 g/mol. The van der Waals surface area contributed by atoms with Gasteiger partial charge in [0.1, 0.15) is 48.8 Å². The van der Waals surface area contributed by atoms with Crippen molar-refractivity contribution >= 4 is 23.7 Å². The van der Waals surface area contributed by atoms with Crippen LogP contribution < -0.4 is 5.32 Å². The lowest BCUT2D eigenvalue weighted by Crippen LogP contribution is -2.64. The summed E-state index contributed by atoms with van der Waals surface area (Å²) < 4.78 is 21.8. The molecule has 0 bridgehead atoms. The van der Waals surface area contributed by atoms with Crippen LogP contribution in [0.3, 0.4) is 0 Å². The molecule has 3 saturated heterocycles. The Balaban J connectivity index is 1.24. The standard InChI is InChI=1S/C30H50N2O16/c33-15-17-23(39)25(41)26(42)30(46-17)47-28-24(40)18(16-34)45-29(27(28)43)44-14-13-31-19(35)9-7-5-3-1-2-4-6-8-10-22(38)48-32-20(36)11-12-21(32)37/h17-18,23-30,33-34,39-43H,1-16H2,(H,31,35)/t17?,18?,23-,24-,25?,26?,27?,28?,29+,30-/m1/s1. The fourth-order valence-corrected chi connectivity index (χ4v) is 5.56. The molecule has 10 atom stereocenters. The number of carbonyl (C=O) groups is 4. The average molecular weight is 695 g/mol. The summed E-state index contributed by atoms with van der Waals surface area (Å²) in [7, 11) is 0. The number of nitrogens with one attached hydrogen (secondary N) is 1. The van der Waals surface area contributed by atoms with Crippen LogP contribution in [0, 0.1) is 0 Å². The lowest BCUT2D eigenvalue weighted by Gasteiger charge is -2.45. The van der Waals surface area contributed by atoms with Gasteiger partial charge in [0.25, 0.3) is 11.8 Å². The molecule has 18 heteroatoms. The third-order valence-corrected chi connectivity index (χ3v) is 8.40. The molecule has 3 heterocycles. The van der Waals surface area contributed by atoms with Gasteiger partial charge in [0.05, 0.1) is 19.8 Å². The average Bonchev–Trinajstić information content (AvgIpc) is 3.38. The molecule has 3 fully saturated rings. The summed E-state index contributed by atoms with van der Waals surface area (Å²) in [6, 6.07) is 0. The first-order valence-corrected chi connectivity index (χ1v) is 16.5. The zero-order valence-corrected chi connectivity index (χ0v) is 26.8. The molecule has 3 aliphatic rings. The van der Waals surface area contributed by atoms with Gasteiger partial charge >= 0.3 is 5.97 Å². The second kappa shape index (κ2) is 20.3. The normalized spacial score (nSPS) is 32.4. The van der Waals surface area contributed by atoms with Crippen LogP contribution in [0.15, 0.2) is 0 Å². The minimum Gasteiger partial charge on any atom is -0.394 e. The van der Waals surface area contributed by atoms with E-state index < -0.39 is 92.4 Å². The molecule has 3 rings (SSSR count). The third-order valence-electron chi connectivity index (χ3n) is 8.40. The predicted molar refractivity (Wildman–Crippen MR) is 159 cm³/mol. The number of ether oxygens (including phenoxy) is 4. The number of hydrogen-bond donors (Lipinski definition) is 8. The van der Waals surface area contributed by atoms with Gasteiger partial charge in [0.2, 0.25) is 5.91 Å². The number of hydrogen-bond acceptors (Lipinski definition) is 16. The van der Waals surface area contributed by atoms with E-state index in [1.807, 2.05) is 0 Å². The maximum Gasteiger partial charge on any atom is 0.333 e. The predicted octanol–water partition coefficient (Wildman–Crippen LogP) is -2.75. The highest BCUT2D eigenvalue weighted by atomic mass is 16.7. The quantitative estimate of drug-likeness (QED) is 0.0474. The maximum absolute atomic E-state index is 12.2. The molecule has 0 saturated carbocycles. The molecule has 0 aliphatic carbocycles. The van der Waals surface area contributed by atoms with Gasteiger partial charge < -0.3 is 64.8 Å². The highest BCUT2D eigenvalue weighted by molar-refractivity contribution is 6.01. The molecule has 0 aromatic heterocycles. The third kappa shape index (κ3) is 11.6. The zero-order chi connectivity index (χ0) is 35.2. The summed E-state index contributed by atoms with van der Waals surface area (Å²) in [4.78, 5) is 51.8. The van der Waals surface area contributed by atoms with Gasteiger partial charge in [-0.15, -0.1) is 5.06 Å². The Kier molecular flexibility index (Phi) is 17.0. The maximum atomic E-state index is 12.2. The van der Waals surface area contributed by atoms with Crippen molar-refractivity contribution in [3.8, 4) is 0 Å². The van der Waals surface area contributed by atoms with Crippen LogP contribution in [-0.2, 0) is 43.0 Å². The largest absolute Gasteiger partial charge is 0.394 e. The van der Waals surface area contributed by atoms with Crippen molar-refractivity contribution in [2.45, 2.75) is 138 Å². The van der Waals surface area contributed by atoms with Gasteiger partial charge in [-0.2, -0.15) is 0 Å². The molecule has 0 aromatic carbocycles. The molecule has 0 spiro atoms. The summed E-state index contributed by atoms with van der Waals surface area (Å²) in [6.45, 7) is -1.40. The van der Waals surface area contributed by atoms with Gasteiger partial charge in [-0.05, 0) is 12.8 Å². The van der Waals surface area contributed by atoms with E-state index in [-0.39, 0.29) is 38.3 Å². The number of amides is 3. The smallest absolute Gasteiger partial charge is 0.333 e. The highest BCUT2D eigenvalue weighted by Gasteiger charge is 2.50. The molecule has 3 amide bonds. The topological polar surface area (TPSA) is 271 Å². The molecule has 0 radical (unpaired) electrons. The van der Waals surface area contributed by atoms with Crippen molar-refractivity contribution in [3.63, 3.8) is 0 Å². The van der Waals surface area contributed by atoms with E-state index in [9.17, 15) is 54.9 Å². The van der Waals surface area contributed by atoms with Crippen LogP contribution in [-0.4, -0.2) is 152 Å². The number of aliphatic hydroxyl groups is 7. The van der Waals surface area contributed by atoms with E-state index in [0.29, 0.717) is 24.3 Å². The molecule has 276 valence electrons. The number of carbonyl (C=O) groups excluding carboxylic acids is 4. The summed E-state index contributed by atoms with van der Waals surface area (Å²) in [6.07, 6.45) is -8.19.